The maximum absolute atomic E-state index is 13.0. The van der Waals surface area contributed by atoms with E-state index in [1.165, 1.54) is 28.0 Å². The van der Waals surface area contributed by atoms with E-state index < -0.39 is 5.82 Å². The minimum Gasteiger partial charge on any atom is -0.487 e. The molecule has 0 amide bonds. The van der Waals surface area contributed by atoms with Crippen LogP contribution in [0.15, 0.2) is 53.6 Å². The third-order valence-corrected chi connectivity index (χ3v) is 5.66. The monoisotopic (exact) mass is 455 g/mol. The first-order chi connectivity index (χ1) is 15.1. The highest BCUT2D eigenvalue weighted by molar-refractivity contribution is 5.85. The van der Waals surface area contributed by atoms with Crippen LogP contribution in [0, 0.1) is 5.82 Å². The Labute approximate surface area is 190 Å². The molecule has 1 aliphatic heterocycles. The smallest absolute Gasteiger partial charge is 0.259 e. The summed E-state index contributed by atoms with van der Waals surface area (Å²) in [6.07, 6.45) is 4.73. The van der Waals surface area contributed by atoms with Crippen LogP contribution < -0.4 is 15.6 Å². The van der Waals surface area contributed by atoms with Gasteiger partial charge in [-0.15, -0.1) is 12.4 Å². The van der Waals surface area contributed by atoms with Crippen molar-refractivity contribution in [2.24, 2.45) is 7.05 Å². The number of pyridine rings is 3. The fourth-order valence-electron chi connectivity index (χ4n) is 4.08. The van der Waals surface area contributed by atoms with Gasteiger partial charge >= 0.3 is 0 Å². The molecule has 4 aromatic heterocycles. The first-order valence-electron chi connectivity index (χ1n) is 10.2. The number of rotatable bonds is 4. The van der Waals surface area contributed by atoms with Crippen LogP contribution >= 0.6 is 12.4 Å². The lowest BCUT2D eigenvalue weighted by Gasteiger charge is -2.09. The van der Waals surface area contributed by atoms with Gasteiger partial charge in [-0.25, -0.2) is 9.37 Å². The summed E-state index contributed by atoms with van der Waals surface area (Å²) in [5, 5.41) is 4.58. The average Bonchev–Trinajstić information content (AvgIpc) is 2.93. The lowest BCUT2D eigenvalue weighted by molar-refractivity contribution is 0.300. The Kier molecular flexibility index (Phi) is 6.25. The Hall–Kier alpha value is -3.23. The van der Waals surface area contributed by atoms with Crippen molar-refractivity contribution in [1.82, 2.24) is 24.4 Å². The standard InChI is InChI=1S/C23H22FN5O2.ClH/c1-28-20-7-10-25-9-6-18(20)19-4-5-21(27-23(19)28)29-11-8-17(12-22(29)30)31-14-16-3-2-15(24)13-26-16;/h2-5,8,11-13,25H,6-7,9-10,14H2,1H3;1H. The molecule has 0 atom stereocenters. The summed E-state index contributed by atoms with van der Waals surface area (Å²) in [7, 11) is 2.03. The second kappa shape index (κ2) is 9.10. The number of aromatic nitrogens is 4. The van der Waals surface area contributed by atoms with Gasteiger partial charge in [-0.1, -0.05) is 0 Å². The van der Waals surface area contributed by atoms with Gasteiger partial charge in [0.05, 0.1) is 11.9 Å². The van der Waals surface area contributed by atoms with Crippen molar-refractivity contribution in [2.75, 3.05) is 13.1 Å². The maximum Gasteiger partial charge on any atom is 0.259 e. The van der Waals surface area contributed by atoms with Gasteiger partial charge in [0.2, 0.25) is 0 Å². The minimum absolute atomic E-state index is 0. The first kappa shape index (κ1) is 22.0. The highest BCUT2D eigenvalue weighted by Gasteiger charge is 2.18. The summed E-state index contributed by atoms with van der Waals surface area (Å²) in [6.45, 7) is 2.07. The maximum atomic E-state index is 13.0. The van der Waals surface area contributed by atoms with Gasteiger partial charge in [-0.3, -0.25) is 14.3 Å². The molecule has 0 spiro atoms. The largest absolute Gasteiger partial charge is 0.487 e. The third kappa shape index (κ3) is 4.11. The van der Waals surface area contributed by atoms with Gasteiger partial charge < -0.3 is 14.6 Å². The molecule has 7 nitrogen and oxygen atoms in total. The molecule has 5 heterocycles. The van der Waals surface area contributed by atoms with E-state index in [1.807, 2.05) is 13.1 Å². The van der Waals surface area contributed by atoms with Crippen molar-refractivity contribution in [3.8, 4) is 11.6 Å². The van der Waals surface area contributed by atoms with Crippen molar-refractivity contribution in [2.45, 2.75) is 19.4 Å². The van der Waals surface area contributed by atoms with Crippen molar-refractivity contribution in [1.29, 1.82) is 0 Å². The Balaban J connectivity index is 0.00000245. The molecule has 0 unspecified atom stereocenters. The summed E-state index contributed by atoms with van der Waals surface area (Å²) < 4.78 is 22.2. The molecule has 32 heavy (non-hydrogen) atoms. The summed E-state index contributed by atoms with van der Waals surface area (Å²) in [5.41, 5.74) is 3.87. The number of hydrogen-bond donors (Lipinski definition) is 1. The lowest BCUT2D eigenvalue weighted by atomic mass is 10.1. The topological polar surface area (TPSA) is 74.0 Å². The normalized spacial score (nSPS) is 13.3. The Morgan fingerprint density at radius 2 is 2.00 bits per heavy atom. The van der Waals surface area contributed by atoms with Crippen LogP contribution in [0.4, 0.5) is 4.39 Å². The zero-order chi connectivity index (χ0) is 21.4. The molecule has 5 rings (SSSR count). The van der Waals surface area contributed by atoms with Crippen LogP contribution in [0.3, 0.4) is 0 Å². The molecule has 4 aromatic rings. The third-order valence-electron chi connectivity index (χ3n) is 5.66. The van der Waals surface area contributed by atoms with Gasteiger partial charge in [0, 0.05) is 43.4 Å². The van der Waals surface area contributed by atoms with Gasteiger partial charge in [-0.05, 0) is 48.9 Å². The molecule has 0 radical (unpaired) electrons. The van der Waals surface area contributed by atoms with E-state index in [9.17, 15) is 9.18 Å². The van der Waals surface area contributed by atoms with Crippen LogP contribution in [0.1, 0.15) is 17.0 Å². The van der Waals surface area contributed by atoms with Crippen LogP contribution in [0.25, 0.3) is 16.9 Å². The molecular formula is C23H23ClFN5O2. The fourth-order valence-corrected chi connectivity index (χ4v) is 4.08. The number of hydrogen-bond acceptors (Lipinski definition) is 5. The predicted molar refractivity (Wildman–Crippen MR) is 122 cm³/mol. The summed E-state index contributed by atoms with van der Waals surface area (Å²) in [6, 6.07) is 9.94. The number of nitrogens with one attached hydrogen (secondary N) is 1. The van der Waals surface area contributed by atoms with Crippen molar-refractivity contribution >= 4 is 23.4 Å². The van der Waals surface area contributed by atoms with Gasteiger partial charge in [0.15, 0.2) is 0 Å². The van der Waals surface area contributed by atoms with Crippen LogP contribution in [0.2, 0.25) is 0 Å². The molecule has 166 valence electrons. The molecule has 0 aliphatic carbocycles. The molecular weight excluding hydrogens is 433 g/mol. The minimum atomic E-state index is -0.401. The Morgan fingerprint density at radius 3 is 2.78 bits per heavy atom. The molecule has 0 saturated carbocycles. The highest BCUT2D eigenvalue weighted by atomic mass is 35.5. The van der Waals surface area contributed by atoms with Crippen LogP contribution in [0.5, 0.6) is 5.75 Å². The van der Waals surface area contributed by atoms with E-state index in [2.05, 4.69) is 20.9 Å². The molecule has 1 N–H and O–H groups in total. The molecule has 0 bridgehead atoms. The van der Waals surface area contributed by atoms with E-state index in [4.69, 9.17) is 9.72 Å². The number of nitrogens with zero attached hydrogens (tertiary/aromatic N) is 4. The summed E-state index contributed by atoms with van der Waals surface area (Å²) in [4.78, 5) is 21.5. The van der Waals surface area contributed by atoms with E-state index in [-0.39, 0.29) is 24.6 Å². The number of ether oxygens (including phenoxy) is 1. The van der Waals surface area contributed by atoms with E-state index in [0.717, 1.165) is 43.2 Å². The number of halogens is 2. The molecule has 1 aliphatic rings. The molecule has 0 fully saturated rings. The van der Waals surface area contributed by atoms with Gasteiger partial charge in [0.25, 0.3) is 5.56 Å². The van der Waals surface area contributed by atoms with Crippen LogP contribution in [-0.2, 0) is 26.5 Å². The Bertz CT molecular complexity index is 1320. The Morgan fingerprint density at radius 1 is 1.16 bits per heavy atom. The molecule has 0 saturated heterocycles. The summed E-state index contributed by atoms with van der Waals surface area (Å²) >= 11 is 0. The van der Waals surface area contributed by atoms with Crippen molar-refractivity contribution < 1.29 is 9.13 Å². The van der Waals surface area contributed by atoms with E-state index in [0.29, 0.717) is 17.3 Å². The molecule has 0 aromatic carbocycles. The fraction of sp³-hybridized carbons (Fsp3) is 0.261. The second-order valence-electron chi connectivity index (χ2n) is 7.60. The molecule has 9 heteroatoms. The predicted octanol–water partition coefficient (Wildman–Crippen LogP) is 2.95. The first-order valence-corrected chi connectivity index (χ1v) is 10.2. The highest BCUT2D eigenvalue weighted by Crippen LogP contribution is 2.27. The van der Waals surface area contributed by atoms with E-state index >= 15 is 0 Å². The van der Waals surface area contributed by atoms with Crippen LogP contribution in [-0.4, -0.2) is 32.2 Å². The zero-order valence-electron chi connectivity index (χ0n) is 17.5. The van der Waals surface area contributed by atoms with Crippen molar-refractivity contribution in [3.05, 3.63) is 81.9 Å². The lowest BCUT2D eigenvalue weighted by Crippen LogP contribution is -2.18. The quantitative estimate of drug-likeness (QED) is 0.512. The zero-order valence-corrected chi connectivity index (χ0v) is 18.4. The van der Waals surface area contributed by atoms with Gasteiger partial charge in [0.1, 0.15) is 29.6 Å². The van der Waals surface area contributed by atoms with Crippen molar-refractivity contribution in [3.63, 3.8) is 0 Å². The number of fused-ring (bicyclic) bond motifs is 3. The summed E-state index contributed by atoms with van der Waals surface area (Å²) in [5.74, 6) is 0.590. The average molecular weight is 456 g/mol. The van der Waals surface area contributed by atoms with E-state index in [1.54, 1.807) is 18.3 Å². The SMILES string of the molecule is Cl.Cn1c2c(c3ccc(-n4ccc(OCc5ccc(F)cn5)cc4=O)nc31)CCNCC2. The van der Waals surface area contributed by atoms with Gasteiger partial charge in [-0.2, -0.15) is 0 Å². The second-order valence-corrected chi connectivity index (χ2v) is 7.60. The number of aryl methyl sites for hydroxylation is 1.